The Morgan fingerprint density at radius 1 is 1.64 bits per heavy atom. The highest BCUT2D eigenvalue weighted by Crippen LogP contribution is 2.18. The molecular weight excluding hydrogens is 200 g/mol. The SMILES string of the molecule is CCC(Oc1cccc(Cl)c1)C(=N)N. The second-order valence-corrected chi connectivity index (χ2v) is 3.36. The fourth-order valence-electron chi connectivity index (χ4n) is 1.07. The molecule has 1 rings (SSSR count). The molecule has 1 unspecified atom stereocenters. The largest absolute Gasteiger partial charge is 0.483 e. The molecule has 1 aromatic rings. The van der Waals surface area contributed by atoms with Gasteiger partial charge in [-0.25, -0.2) is 0 Å². The van der Waals surface area contributed by atoms with Crippen LogP contribution < -0.4 is 10.5 Å². The summed E-state index contributed by atoms with van der Waals surface area (Å²) in [7, 11) is 0. The minimum Gasteiger partial charge on any atom is -0.483 e. The predicted molar refractivity (Wildman–Crippen MR) is 58.1 cm³/mol. The van der Waals surface area contributed by atoms with E-state index in [1.54, 1.807) is 24.3 Å². The zero-order valence-electron chi connectivity index (χ0n) is 7.96. The average Bonchev–Trinajstić information content (AvgIpc) is 2.14. The van der Waals surface area contributed by atoms with Gasteiger partial charge in [-0.3, -0.25) is 5.41 Å². The molecule has 0 saturated heterocycles. The summed E-state index contributed by atoms with van der Waals surface area (Å²) in [6, 6.07) is 7.05. The van der Waals surface area contributed by atoms with Crippen molar-refractivity contribution in [2.75, 3.05) is 0 Å². The highest BCUT2D eigenvalue weighted by atomic mass is 35.5. The normalized spacial score (nSPS) is 12.1. The number of benzene rings is 1. The van der Waals surface area contributed by atoms with Gasteiger partial charge < -0.3 is 10.5 Å². The van der Waals surface area contributed by atoms with Crippen molar-refractivity contribution in [2.45, 2.75) is 19.4 Å². The summed E-state index contributed by atoms with van der Waals surface area (Å²) < 4.78 is 5.47. The van der Waals surface area contributed by atoms with Crippen LogP contribution in [0.4, 0.5) is 0 Å². The van der Waals surface area contributed by atoms with Gasteiger partial charge in [0.2, 0.25) is 0 Å². The third-order valence-electron chi connectivity index (χ3n) is 1.79. The van der Waals surface area contributed by atoms with Gasteiger partial charge in [0.1, 0.15) is 11.6 Å². The molecule has 3 nitrogen and oxygen atoms in total. The summed E-state index contributed by atoms with van der Waals surface area (Å²) >= 11 is 5.79. The molecule has 76 valence electrons. The Hall–Kier alpha value is -1.22. The maximum atomic E-state index is 7.27. The Labute approximate surface area is 88.3 Å². The summed E-state index contributed by atoms with van der Waals surface area (Å²) in [5.74, 6) is 0.673. The van der Waals surface area contributed by atoms with E-state index in [4.69, 9.17) is 27.5 Å². The summed E-state index contributed by atoms with van der Waals surface area (Å²) in [6.07, 6.45) is 0.301. The van der Waals surface area contributed by atoms with Crippen molar-refractivity contribution in [2.24, 2.45) is 5.73 Å². The van der Waals surface area contributed by atoms with E-state index >= 15 is 0 Å². The van der Waals surface area contributed by atoms with Gasteiger partial charge in [-0.2, -0.15) is 0 Å². The fraction of sp³-hybridized carbons (Fsp3) is 0.300. The summed E-state index contributed by atoms with van der Waals surface area (Å²) in [6.45, 7) is 1.91. The molecule has 1 atom stereocenters. The number of nitrogens with one attached hydrogen (secondary N) is 1. The molecule has 0 amide bonds. The lowest BCUT2D eigenvalue weighted by Gasteiger charge is -2.15. The molecule has 0 spiro atoms. The van der Waals surface area contributed by atoms with Crippen molar-refractivity contribution < 1.29 is 4.74 Å². The maximum absolute atomic E-state index is 7.27. The van der Waals surface area contributed by atoms with Crippen molar-refractivity contribution in [1.82, 2.24) is 0 Å². The zero-order chi connectivity index (χ0) is 10.6. The first-order chi connectivity index (χ1) is 6.63. The molecule has 14 heavy (non-hydrogen) atoms. The van der Waals surface area contributed by atoms with Crippen LogP contribution >= 0.6 is 11.6 Å². The molecule has 0 aliphatic carbocycles. The highest BCUT2D eigenvalue weighted by Gasteiger charge is 2.10. The Morgan fingerprint density at radius 3 is 2.86 bits per heavy atom. The monoisotopic (exact) mass is 212 g/mol. The third kappa shape index (κ3) is 2.92. The molecule has 0 aliphatic heterocycles. The van der Waals surface area contributed by atoms with Gasteiger partial charge in [0.25, 0.3) is 0 Å². The van der Waals surface area contributed by atoms with Crippen LogP contribution in [0.2, 0.25) is 5.02 Å². The van der Waals surface area contributed by atoms with Gasteiger partial charge in [0.15, 0.2) is 6.10 Å². The molecule has 0 radical (unpaired) electrons. The van der Waals surface area contributed by atoms with Crippen LogP contribution in [0, 0.1) is 5.41 Å². The molecule has 0 fully saturated rings. The average molecular weight is 213 g/mol. The number of halogens is 1. The van der Waals surface area contributed by atoms with Crippen LogP contribution in [0.5, 0.6) is 5.75 Å². The molecule has 0 aromatic heterocycles. The first-order valence-electron chi connectivity index (χ1n) is 4.39. The third-order valence-corrected chi connectivity index (χ3v) is 2.03. The second kappa shape index (κ2) is 4.86. The van der Waals surface area contributed by atoms with Crippen molar-refractivity contribution in [1.29, 1.82) is 5.41 Å². The lowest BCUT2D eigenvalue weighted by molar-refractivity contribution is 0.260. The molecule has 0 saturated carbocycles. The molecule has 0 heterocycles. The minimum absolute atomic E-state index is 0.0347. The second-order valence-electron chi connectivity index (χ2n) is 2.93. The number of hydrogen-bond acceptors (Lipinski definition) is 2. The number of nitrogens with two attached hydrogens (primary N) is 1. The molecule has 0 aliphatic rings. The van der Waals surface area contributed by atoms with E-state index in [1.165, 1.54) is 0 Å². The first-order valence-corrected chi connectivity index (χ1v) is 4.77. The first kappa shape index (κ1) is 10.9. The number of ether oxygens (including phenoxy) is 1. The highest BCUT2D eigenvalue weighted by molar-refractivity contribution is 6.30. The van der Waals surface area contributed by atoms with Gasteiger partial charge in [0.05, 0.1) is 0 Å². The Bertz CT molecular complexity index is 328. The minimum atomic E-state index is -0.367. The quantitative estimate of drug-likeness (QED) is 0.595. The van der Waals surface area contributed by atoms with Gasteiger partial charge in [0, 0.05) is 5.02 Å². The standard InChI is InChI=1S/C10H13ClN2O/c1-2-9(10(12)13)14-8-5-3-4-7(11)6-8/h3-6,9H,2H2,1H3,(H3,12,13). The van der Waals surface area contributed by atoms with Gasteiger partial charge in [-0.05, 0) is 24.6 Å². The van der Waals surface area contributed by atoms with E-state index in [1.807, 2.05) is 6.92 Å². The lowest BCUT2D eigenvalue weighted by Crippen LogP contribution is -2.32. The molecular formula is C10H13ClN2O. The van der Waals surface area contributed by atoms with Crippen molar-refractivity contribution in [3.8, 4) is 5.75 Å². The Kier molecular flexibility index (Phi) is 3.77. The van der Waals surface area contributed by atoms with E-state index < -0.39 is 0 Å². The van der Waals surface area contributed by atoms with E-state index in [0.717, 1.165) is 0 Å². The summed E-state index contributed by atoms with van der Waals surface area (Å²) in [5.41, 5.74) is 5.36. The van der Waals surface area contributed by atoms with Crippen LogP contribution in [-0.4, -0.2) is 11.9 Å². The zero-order valence-corrected chi connectivity index (χ0v) is 8.71. The Morgan fingerprint density at radius 2 is 2.36 bits per heavy atom. The van der Waals surface area contributed by atoms with Crippen molar-refractivity contribution in [3.05, 3.63) is 29.3 Å². The van der Waals surface area contributed by atoms with E-state index in [9.17, 15) is 0 Å². The Balaban J connectivity index is 2.72. The van der Waals surface area contributed by atoms with Crippen LogP contribution in [0.25, 0.3) is 0 Å². The fourth-order valence-corrected chi connectivity index (χ4v) is 1.25. The van der Waals surface area contributed by atoms with Crippen LogP contribution in [-0.2, 0) is 0 Å². The lowest BCUT2D eigenvalue weighted by atomic mass is 10.2. The van der Waals surface area contributed by atoms with Gasteiger partial charge >= 0.3 is 0 Å². The van der Waals surface area contributed by atoms with Gasteiger partial charge in [-0.15, -0.1) is 0 Å². The van der Waals surface area contributed by atoms with E-state index in [-0.39, 0.29) is 11.9 Å². The van der Waals surface area contributed by atoms with E-state index in [0.29, 0.717) is 17.2 Å². The molecule has 1 aromatic carbocycles. The van der Waals surface area contributed by atoms with E-state index in [2.05, 4.69) is 0 Å². The van der Waals surface area contributed by atoms with Crippen LogP contribution in [0.15, 0.2) is 24.3 Å². The molecule has 3 N–H and O–H groups in total. The number of hydrogen-bond donors (Lipinski definition) is 2. The topological polar surface area (TPSA) is 59.1 Å². The number of rotatable bonds is 4. The molecule has 4 heteroatoms. The van der Waals surface area contributed by atoms with Gasteiger partial charge in [-0.1, -0.05) is 24.6 Å². The summed E-state index contributed by atoms with van der Waals surface area (Å²) in [5, 5.41) is 7.89. The predicted octanol–water partition coefficient (Wildman–Crippen LogP) is 2.43. The van der Waals surface area contributed by atoms with Crippen molar-refractivity contribution in [3.63, 3.8) is 0 Å². The van der Waals surface area contributed by atoms with Crippen LogP contribution in [0.1, 0.15) is 13.3 Å². The number of amidine groups is 1. The smallest absolute Gasteiger partial charge is 0.155 e. The summed E-state index contributed by atoms with van der Waals surface area (Å²) in [4.78, 5) is 0. The maximum Gasteiger partial charge on any atom is 0.155 e. The van der Waals surface area contributed by atoms with Crippen LogP contribution in [0.3, 0.4) is 0 Å². The van der Waals surface area contributed by atoms with Crippen molar-refractivity contribution >= 4 is 17.4 Å². The molecule has 0 bridgehead atoms.